The molecule has 0 radical (unpaired) electrons. The van der Waals surface area contributed by atoms with Crippen molar-refractivity contribution in [2.45, 2.75) is 44.8 Å². The molecule has 2 aromatic carbocycles. The maximum atomic E-state index is 13.8. The van der Waals surface area contributed by atoms with Crippen LogP contribution < -0.4 is 14.8 Å². The Labute approximate surface area is 211 Å². The zero-order valence-corrected chi connectivity index (χ0v) is 21.2. The van der Waals surface area contributed by atoms with Crippen LogP contribution in [0, 0.1) is 18.3 Å². The van der Waals surface area contributed by atoms with Crippen LogP contribution in [-0.4, -0.2) is 56.5 Å². The van der Waals surface area contributed by atoms with Gasteiger partial charge in [-0.3, -0.25) is 4.79 Å². The molecule has 2 aromatic rings. The summed E-state index contributed by atoms with van der Waals surface area (Å²) in [6.07, 6.45) is 2.39. The molecule has 2 aliphatic rings. The van der Waals surface area contributed by atoms with Crippen LogP contribution in [-0.2, 0) is 10.2 Å². The van der Waals surface area contributed by atoms with Gasteiger partial charge in [0.25, 0.3) is 5.91 Å². The molecule has 2 N–H and O–H groups in total. The van der Waals surface area contributed by atoms with E-state index in [4.69, 9.17) is 21.6 Å². The van der Waals surface area contributed by atoms with Crippen LogP contribution in [0.4, 0.5) is 0 Å². The van der Waals surface area contributed by atoms with Gasteiger partial charge in [-0.25, -0.2) is 4.72 Å². The zero-order valence-electron chi connectivity index (χ0n) is 19.7. The second kappa shape index (κ2) is 10.5. The highest BCUT2D eigenvalue weighted by molar-refractivity contribution is 7.84. The van der Waals surface area contributed by atoms with Gasteiger partial charge in [0, 0.05) is 49.4 Å². The van der Waals surface area contributed by atoms with Gasteiger partial charge < -0.3 is 10.1 Å². The number of ether oxygens (including phenoxy) is 1. The van der Waals surface area contributed by atoms with Crippen LogP contribution in [0.2, 0.25) is 5.02 Å². The molecule has 8 nitrogen and oxygen atoms in total. The number of aryl methyl sites for hydroxylation is 1. The lowest BCUT2D eigenvalue weighted by Gasteiger charge is -2.47. The second-order valence-corrected chi connectivity index (χ2v) is 11.5. The fraction of sp³-hybridized carbons (Fsp3) is 0.440. The van der Waals surface area contributed by atoms with Crippen LogP contribution in [0.15, 0.2) is 42.5 Å². The molecule has 0 atom stereocenters. The number of benzene rings is 2. The lowest BCUT2D eigenvalue weighted by atomic mass is 9.99. The quantitative estimate of drug-likeness (QED) is 0.569. The second-order valence-electron chi connectivity index (χ2n) is 9.21. The lowest BCUT2D eigenvalue weighted by Crippen LogP contribution is -2.68. The molecule has 186 valence electrons. The number of nitrogens with one attached hydrogen (secondary N) is 2. The lowest BCUT2D eigenvalue weighted by molar-refractivity contribution is -0.841. The van der Waals surface area contributed by atoms with Gasteiger partial charge in [0.1, 0.15) is 17.9 Å². The van der Waals surface area contributed by atoms with Crippen LogP contribution in [0.5, 0.6) is 5.75 Å². The van der Waals surface area contributed by atoms with Crippen molar-refractivity contribution in [1.82, 2.24) is 10.0 Å². The van der Waals surface area contributed by atoms with Crippen molar-refractivity contribution in [3.8, 4) is 11.8 Å². The number of amides is 1. The highest BCUT2D eigenvalue weighted by Crippen LogP contribution is 2.34. The van der Waals surface area contributed by atoms with E-state index in [1.807, 2.05) is 25.1 Å². The van der Waals surface area contributed by atoms with Gasteiger partial charge in [0.2, 0.25) is 0 Å². The largest absolute Gasteiger partial charge is 0.490 e. The highest BCUT2D eigenvalue weighted by atomic mass is 35.5. The van der Waals surface area contributed by atoms with Crippen molar-refractivity contribution in [2.75, 3.05) is 26.2 Å². The van der Waals surface area contributed by atoms with E-state index in [1.54, 1.807) is 18.2 Å². The van der Waals surface area contributed by atoms with Crippen LogP contribution in [0.3, 0.4) is 0 Å². The summed E-state index contributed by atoms with van der Waals surface area (Å²) < 4.78 is 36.0. The fourth-order valence-corrected chi connectivity index (χ4v) is 7.16. The number of rotatable bonds is 6. The molecule has 0 unspecified atom stereocenters. The van der Waals surface area contributed by atoms with Crippen LogP contribution >= 0.6 is 11.6 Å². The van der Waals surface area contributed by atoms with Gasteiger partial charge in [-0.2, -0.15) is 17.6 Å². The Morgan fingerprint density at radius 1 is 1.14 bits per heavy atom. The maximum Gasteiger partial charge on any atom is 0.396 e. The molecule has 0 aromatic heterocycles. The minimum Gasteiger partial charge on any atom is -0.490 e. The summed E-state index contributed by atoms with van der Waals surface area (Å²) in [5.41, 5.74) is 1.38. The Bertz CT molecular complexity index is 1230. The topological polar surface area (TPSA) is 108 Å². The summed E-state index contributed by atoms with van der Waals surface area (Å²) in [6, 6.07) is 13.4. The molecule has 0 bridgehead atoms. The average molecular weight is 518 g/mol. The molecule has 2 aliphatic heterocycles. The smallest absolute Gasteiger partial charge is 0.396 e. The molecule has 2 heterocycles. The summed E-state index contributed by atoms with van der Waals surface area (Å²) in [5.74, 6) is 0.0264. The molecule has 4 rings (SSSR count). The minimum absolute atomic E-state index is 0.120. The number of carbonyl (C=O) groups is 1. The van der Waals surface area contributed by atoms with Crippen molar-refractivity contribution in [2.24, 2.45) is 0 Å². The Balaban J connectivity index is 1.55. The first kappa shape index (κ1) is 25.5. The fourth-order valence-electron chi connectivity index (χ4n) is 5.10. The standard InChI is InChI=1S/C25H29ClN4O4S/c1-18-15-21(26)5-6-24(18)34-23-9-13-30(14-10-23,22-7-11-28-12-8-22)35(32,33)29-25(31)20-4-2-3-19(16-20)17-27/h2-6,15-16,22-23,28H,7-14H2,1H3/p+1. The zero-order chi connectivity index (χ0) is 25.1. The van der Waals surface area contributed by atoms with E-state index >= 15 is 0 Å². The molecule has 35 heavy (non-hydrogen) atoms. The summed E-state index contributed by atoms with van der Waals surface area (Å²) in [5, 5.41) is 13.1. The highest BCUT2D eigenvalue weighted by Gasteiger charge is 2.52. The Hall–Kier alpha value is -2.64. The summed E-state index contributed by atoms with van der Waals surface area (Å²) in [4.78, 5) is 12.9. The van der Waals surface area contributed by atoms with Crippen molar-refractivity contribution >= 4 is 27.7 Å². The van der Waals surface area contributed by atoms with Crippen molar-refractivity contribution in [3.05, 3.63) is 64.2 Å². The molecular weight excluding hydrogens is 488 g/mol. The molecule has 1 amide bonds. The third kappa shape index (κ3) is 5.46. The monoisotopic (exact) mass is 517 g/mol. The number of quaternary nitrogens is 1. The molecule has 10 heteroatoms. The van der Waals surface area contributed by atoms with Crippen LogP contribution in [0.25, 0.3) is 0 Å². The maximum absolute atomic E-state index is 13.8. The number of piperidine rings is 2. The normalized spacial score (nSPS) is 23.3. The average Bonchev–Trinajstić information content (AvgIpc) is 2.86. The van der Waals surface area contributed by atoms with Gasteiger partial charge in [-0.15, -0.1) is 0 Å². The van der Waals surface area contributed by atoms with Crippen LogP contribution in [0.1, 0.15) is 47.2 Å². The van der Waals surface area contributed by atoms with E-state index in [0.29, 0.717) is 49.4 Å². The number of nitriles is 1. The van der Waals surface area contributed by atoms with Gasteiger partial charge in [-0.05, 0) is 48.9 Å². The molecule has 2 fully saturated rings. The number of carbonyl (C=O) groups excluding carboxylic acids is 1. The van der Waals surface area contributed by atoms with E-state index in [-0.39, 0.29) is 21.6 Å². The third-order valence-electron chi connectivity index (χ3n) is 7.02. The van der Waals surface area contributed by atoms with E-state index in [9.17, 15) is 13.2 Å². The van der Waals surface area contributed by atoms with E-state index < -0.39 is 16.1 Å². The first-order chi connectivity index (χ1) is 16.7. The number of nitrogens with zero attached hydrogens (tertiary/aromatic N) is 2. The summed E-state index contributed by atoms with van der Waals surface area (Å²) >= 11 is 6.06. The number of hydrogen-bond donors (Lipinski definition) is 2. The predicted octanol–water partition coefficient (Wildman–Crippen LogP) is 3.30. The van der Waals surface area contributed by atoms with E-state index in [2.05, 4.69) is 10.0 Å². The van der Waals surface area contributed by atoms with Crippen molar-refractivity contribution < 1.29 is 21.8 Å². The molecule has 0 saturated carbocycles. The van der Waals surface area contributed by atoms with Gasteiger partial charge >= 0.3 is 10.2 Å². The van der Waals surface area contributed by atoms with E-state index in [1.165, 1.54) is 12.1 Å². The summed E-state index contributed by atoms with van der Waals surface area (Å²) in [7, 11) is -4.07. The third-order valence-corrected chi connectivity index (χ3v) is 9.32. The molecular formula is C25H30ClN4O4S+. The number of hydrogen-bond acceptors (Lipinski definition) is 6. The number of likely N-dealkylation sites (tertiary alicyclic amines) is 1. The Kier molecular flexibility index (Phi) is 7.67. The predicted molar refractivity (Wildman–Crippen MR) is 133 cm³/mol. The molecule has 0 aliphatic carbocycles. The van der Waals surface area contributed by atoms with Gasteiger partial charge in [0.15, 0.2) is 0 Å². The first-order valence-corrected chi connectivity index (χ1v) is 13.6. The number of halogens is 1. The first-order valence-electron chi connectivity index (χ1n) is 11.8. The van der Waals surface area contributed by atoms with Crippen molar-refractivity contribution in [1.29, 1.82) is 5.26 Å². The molecule has 2 saturated heterocycles. The van der Waals surface area contributed by atoms with E-state index in [0.717, 1.165) is 24.4 Å². The van der Waals surface area contributed by atoms with Crippen molar-refractivity contribution in [3.63, 3.8) is 0 Å². The van der Waals surface area contributed by atoms with Gasteiger partial charge in [0.05, 0.1) is 24.7 Å². The molecule has 0 spiro atoms. The minimum atomic E-state index is -4.07. The van der Waals surface area contributed by atoms with Gasteiger partial charge in [-0.1, -0.05) is 17.7 Å². The SMILES string of the molecule is Cc1cc(Cl)ccc1OC1CC[N+](C2CCNCC2)(S(=O)(=O)NC(=O)c2cccc(C#N)c2)CC1. The summed E-state index contributed by atoms with van der Waals surface area (Å²) in [6.45, 7) is 4.11. The Morgan fingerprint density at radius 3 is 2.51 bits per heavy atom. The Morgan fingerprint density at radius 2 is 1.86 bits per heavy atom.